The van der Waals surface area contributed by atoms with E-state index in [1.54, 1.807) is 0 Å². The van der Waals surface area contributed by atoms with Gasteiger partial charge in [-0.05, 0) is 44.4 Å². The van der Waals surface area contributed by atoms with Gasteiger partial charge in [-0.3, -0.25) is 0 Å². The fourth-order valence-electron chi connectivity index (χ4n) is 2.91. The van der Waals surface area contributed by atoms with Crippen LogP contribution in [0.5, 0.6) is 0 Å². The van der Waals surface area contributed by atoms with Crippen molar-refractivity contribution in [3.63, 3.8) is 0 Å². The lowest BCUT2D eigenvalue weighted by Crippen LogP contribution is -2.29. The van der Waals surface area contributed by atoms with Crippen molar-refractivity contribution in [2.75, 3.05) is 25.0 Å². The van der Waals surface area contributed by atoms with E-state index in [1.165, 1.54) is 36.0 Å². The zero-order valence-corrected chi connectivity index (χ0v) is 13.1. The van der Waals surface area contributed by atoms with Gasteiger partial charge in [0.05, 0.1) is 5.52 Å². The monoisotopic (exact) mass is 283 g/mol. The normalized spacial score (nSPS) is 14.6. The van der Waals surface area contributed by atoms with E-state index in [4.69, 9.17) is 4.98 Å². The average Bonchev–Trinajstić information content (AvgIpc) is 3.30. The molecule has 3 heteroatoms. The minimum Gasteiger partial charge on any atom is -0.356 e. The number of nitrogens with one attached hydrogen (secondary N) is 1. The Kier molecular flexibility index (Phi) is 4.39. The van der Waals surface area contributed by atoms with Gasteiger partial charge in [0.25, 0.3) is 0 Å². The Morgan fingerprint density at radius 2 is 2.10 bits per heavy atom. The number of hydrogen-bond donors (Lipinski definition) is 1. The topological polar surface area (TPSA) is 28.2 Å². The molecule has 1 heterocycles. The second-order valence-electron chi connectivity index (χ2n) is 6.08. The summed E-state index contributed by atoms with van der Waals surface area (Å²) in [6.07, 6.45) is 3.94. The third-order valence-corrected chi connectivity index (χ3v) is 4.12. The molecule has 1 N–H and O–H groups in total. The van der Waals surface area contributed by atoms with E-state index in [0.717, 1.165) is 31.1 Å². The van der Waals surface area contributed by atoms with Crippen molar-refractivity contribution >= 4 is 16.7 Å². The van der Waals surface area contributed by atoms with Crippen molar-refractivity contribution in [3.05, 3.63) is 35.9 Å². The number of aromatic nitrogens is 1. The van der Waals surface area contributed by atoms with Gasteiger partial charge >= 0.3 is 0 Å². The summed E-state index contributed by atoms with van der Waals surface area (Å²) in [7, 11) is 2.00. The maximum absolute atomic E-state index is 4.98. The van der Waals surface area contributed by atoms with Crippen molar-refractivity contribution in [1.29, 1.82) is 0 Å². The van der Waals surface area contributed by atoms with Crippen LogP contribution in [-0.2, 0) is 6.54 Å². The quantitative estimate of drug-likeness (QED) is 0.842. The Morgan fingerprint density at radius 1 is 1.29 bits per heavy atom. The lowest BCUT2D eigenvalue weighted by molar-refractivity contribution is 0.691. The first-order valence-corrected chi connectivity index (χ1v) is 8.10. The number of hydrogen-bond acceptors (Lipinski definition) is 3. The van der Waals surface area contributed by atoms with Crippen LogP contribution in [0.25, 0.3) is 10.9 Å². The van der Waals surface area contributed by atoms with E-state index in [2.05, 4.69) is 47.5 Å². The predicted octanol–water partition coefficient (Wildman–Crippen LogP) is 3.58. The third-order valence-electron chi connectivity index (χ3n) is 4.12. The van der Waals surface area contributed by atoms with Crippen LogP contribution in [0.3, 0.4) is 0 Å². The Morgan fingerprint density at radius 3 is 2.81 bits per heavy atom. The van der Waals surface area contributed by atoms with Crippen LogP contribution in [0.2, 0.25) is 0 Å². The highest BCUT2D eigenvalue weighted by Crippen LogP contribution is 2.32. The molecule has 0 amide bonds. The van der Waals surface area contributed by atoms with E-state index in [0.29, 0.717) is 0 Å². The number of fused-ring (bicyclic) bond motifs is 1. The van der Waals surface area contributed by atoms with Crippen molar-refractivity contribution in [2.24, 2.45) is 5.92 Å². The fraction of sp³-hybridized carbons (Fsp3) is 0.500. The molecule has 0 saturated heterocycles. The lowest BCUT2D eigenvalue weighted by atomic mass is 10.1. The zero-order valence-electron chi connectivity index (χ0n) is 13.1. The maximum atomic E-state index is 4.98. The minimum atomic E-state index is 0.873. The first-order valence-electron chi connectivity index (χ1n) is 8.10. The van der Waals surface area contributed by atoms with Crippen LogP contribution in [-0.4, -0.2) is 25.1 Å². The Bertz CT molecular complexity index is 604. The van der Waals surface area contributed by atoms with Gasteiger partial charge in [0.2, 0.25) is 0 Å². The van der Waals surface area contributed by atoms with Crippen LogP contribution in [0.1, 0.15) is 31.7 Å². The first kappa shape index (κ1) is 14.3. The van der Waals surface area contributed by atoms with E-state index in [-0.39, 0.29) is 0 Å². The van der Waals surface area contributed by atoms with Crippen molar-refractivity contribution in [3.8, 4) is 0 Å². The highest BCUT2D eigenvalue weighted by Gasteiger charge is 2.25. The summed E-state index contributed by atoms with van der Waals surface area (Å²) in [5, 5.41) is 4.52. The molecule has 2 aromatic rings. The van der Waals surface area contributed by atoms with Gasteiger partial charge in [-0.2, -0.15) is 0 Å². The van der Waals surface area contributed by atoms with E-state index < -0.39 is 0 Å². The standard InChI is InChI=1S/C18H25N3/c1-3-10-21(13-14-8-9-14)18-16(12-19-2)11-15-6-4-5-7-17(15)20-18/h4-7,11,14,19H,3,8-10,12-13H2,1-2H3. The average molecular weight is 283 g/mol. The molecule has 0 atom stereocenters. The van der Waals surface area contributed by atoms with Crippen LogP contribution >= 0.6 is 0 Å². The van der Waals surface area contributed by atoms with E-state index in [1.807, 2.05) is 7.05 Å². The zero-order chi connectivity index (χ0) is 14.7. The SMILES string of the molecule is CCCN(CC1CC1)c1nc2ccccc2cc1CNC. The largest absolute Gasteiger partial charge is 0.356 e. The molecule has 1 aromatic heterocycles. The molecule has 1 aromatic carbocycles. The summed E-state index contributed by atoms with van der Waals surface area (Å²) in [5.74, 6) is 2.06. The predicted molar refractivity (Wildman–Crippen MR) is 89.7 cm³/mol. The number of benzene rings is 1. The summed E-state index contributed by atoms with van der Waals surface area (Å²) in [6, 6.07) is 10.7. The van der Waals surface area contributed by atoms with Crippen molar-refractivity contribution in [1.82, 2.24) is 10.3 Å². The van der Waals surface area contributed by atoms with Gasteiger partial charge < -0.3 is 10.2 Å². The number of para-hydroxylation sites is 1. The van der Waals surface area contributed by atoms with Crippen molar-refractivity contribution < 1.29 is 0 Å². The Labute approximate surface area is 127 Å². The molecular formula is C18H25N3. The van der Waals surface area contributed by atoms with Crippen LogP contribution in [0.15, 0.2) is 30.3 Å². The lowest BCUT2D eigenvalue weighted by Gasteiger charge is -2.26. The van der Waals surface area contributed by atoms with Gasteiger partial charge in [-0.1, -0.05) is 25.1 Å². The smallest absolute Gasteiger partial charge is 0.133 e. The number of pyridine rings is 1. The second-order valence-corrected chi connectivity index (χ2v) is 6.08. The molecule has 1 fully saturated rings. The fourth-order valence-corrected chi connectivity index (χ4v) is 2.91. The van der Waals surface area contributed by atoms with Crippen LogP contribution in [0, 0.1) is 5.92 Å². The molecular weight excluding hydrogens is 258 g/mol. The molecule has 1 aliphatic rings. The summed E-state index contributed by atoms with van der Waals surface area (Å²) in [5.41, 5.74) is 2.41. The van der Waals surface area contributed by atoms with Gasteiger partial charge in [-0.15, -0.1) is 0 Å². The molecule has 0 radical (unpaired) electrons. The summed E-state index contributed by atoms with van der Waals surface area (Å²) in [6.45, 7) is 5.38. The molecule has 3 rings (SSSR count). The Balaban J connectivity index is 2.00. The first-order chi connectivity index (χ1) is 10.3. The molecule has 1 saturated carbocycles. The number of rotatable bonds is 7. The molecule has 1 aliphatic carbocycles. The number of anilines is 1. The van der Waals surface area contributed by atoms with Gasteiger partial charge in [-0.25, -0.2) is 4.98 Å². The minimum absolute atomic E-state index is 0.873. The van der Waals surface area contributed by atoms with E-state index in [9.17, 15) is 0 Å². The molecule has 0 spiro atoms. The van der Waals surface area contributed by atoms with Gasteiger partial charge in [0.1, 0.15) is 5.82 Å². The second kappa shape index (κ2) is 6.44. The molecule has 0 aliphatic heterocycles. The van der Waals surface area contributed by atoms with Crippen LogP contribution < -0.4 is 10.2 Å². The molecule has 21 heavy (non-hydrogen) atoms. The molecule has 0 unspecified atom stereocenters. The van der Waals surface area contributed by atoms with Gasteiger partial charge in [0, 0.05) is 30.6 Å². The molecule has 3 nitrogen and oxygen atoms in total. The highest BCUT2D eigenvalue weighted by atomic mass is 15.2. The van der Waals surface area contributed by atoms with Crippen LogP contribution in [0.4, 0.5) is 5.82 Å². The summed E-state index contributed by atoms with van der Waals surface area (Å²) in [4.78, 5) is 7.48. The molecule has 0 bridgehead atoms. The highest BCUT2D eigenvalue weighted by molar-refractivity contribution is 5.81. The van der Waals surface area contributed by atoms with E-state index >= 15 is 0 Å². The number of nitrogens with zero attached hydrogens (tertiary/aromatic N) is 2. The maximum Gasteiger partial charge on any atom is 0.133 e. The van der Waals surface area contributed by atoms with Gasteiger partial charge in [0.15, 0.2) is 0 Å². The summed E-state index contributed by atoms with van der Waals surface area (Å²) < 4.78 is 0. The molecule has 112 valence electrons. The third kappa shape index (κ3) is 3.35. The summed E-state index contributed by atoms with van der Waals surface area (Å²) >= 11 is 0. The van der Waals surface area contributed by atoms with Crippen molar-refractivity contribution in [2.45, 2.75) is 32.7 Å². The Hall–Kier alpha value is -1.61.